The zero-order valence-electron chi connectivity index (χ0n) is 13.9. The first-order valence-corrected chi connectivity index (χ1v) is 7.80. The summed E-state index contributed by atoms with van der Waals surface area (Å²) < 4.78 is 10.9. The maximum Gasteiger partial charge on any atom is 0.261 e. The van der Waals surface area contributed by atoms with Crippen LogP contribution in [0.15, 0.2) is 42.5 Å². The largest absolute Gasteiger partial charge is 0.493 e. The molecular formula is C19H17NO5. The van der Waals surface area contributed by atoms with E-state index in [0.29, 0.717) is 28.2 Å². The third kappa shape index (κ3) is 3.10. The molecule has 0 fully saturated rings. The first-order chi connectivity index (χ1) is 12.0. The summed E-state index contributed by atoms with van der Waals surface area (Å²) >= 11 is 0. The Hall–Kier alpha value is -3.15. The Morgan fingerprint density at radius 1 is 1.00 bits per heavy atom. The Labute approximate surface area is 145 Å². The number of methoxy groups -OCH3 is 1. The second-order valence-corrected chi connectivity index (χ2v) is 5.58. The summed E-state index contributed by atoms with van der Waals surface area (Å²) in [7, 11) is 1.48. The molecule has 0 aromatic heterocycles. The molecule has 2 aromatic rings. The fraction of sp³-hybridized carbons (Fsp3) is 0.211. The van der Waals surface area contributed by atoms with Gasteiger partial charge in [-0.1, -0.05) is 12.1 Å². The number of nitrogens with zero attached hydrogens (tertiary/aromatic N) is 1. The highest BCUT2D eigenvalue weighted by atomic mass is 16.5. The van der Waals surface area contributed by atoms with Crippen LogP contribution in [0.2, 0.25) is 0 Å². The van der Waals surface area contributed by atoms with E-state index in [1.165, 1.54) is 18.9 Å². The van der Waals surface area contributed by atoms with Crippen molar-refractivity contribution < 1.29 is 23.9 Å². The van der Waals surface area contributed by atoms with Crippen LogP contribution in [0.4, 0.5) is 0 Å². The van der Waals surface area contributed by atoms with Crippen LogP contribution >= 0.6 is 0 Å². The quantitative estimate of drug-likeness (QED) is 0.597. The SMILES string of the molecule is COc1cc(C(C)=O)ccc1OCCN1C(=O)c2ccccc2C1=O. The molecule has 6 heteroatoms. The van der Waals surface area contributed by atoms with E-state index < -0.39 is 0 Å². The van der Waals surface area contributed by atoms with Crippen molar-refractivity contribution in [2.24, 2.45) is 0 Å². The number of benzene rings is 2. The predicted molar refractivity (Wildman–Crippen MR) is 90.3 cm³/mol. The standard InChI is InChI=1S/C19H17NO5/c1-12(21)13-7-8-16(17(11-13)24-2)25-10-9-20-18(22)14-5-3-4-6-15(14)19(20)23/h3-8,11H,9-10H2,1-2H3. The lowest BCUT2D eigenvalue weighted by Gasteiger charge is -2.16. The Morgan fingerprint density at radius 2 is 1.64 bits per heavy atom. The van der Waals surface area contributed by atoms with Gasteiger partial charge in [0.15, 0.2) is 17.3 Å². The second-order valence-electron chi connectivity index (χ2n) is 5.58. The van der Waals surface area contributed by atoms with Gasteiger partial charge in [0, 0.05) is 5.56 Å². The van der Waals surface area contributed by atoms with E-state index in [1.807, 2.05) is 0 Å². The van der Waals surface area contributed by atoms with Gasteiger partial charge in [-0.25, -0.2) is 0 Å². The molecule has 0 unspecified atom stereocenters. The van der Waals surface area contributed by atoms with E-state index in [1.54, 1.807) is 42.5 Å². The minimum absolute atomic E-state index is 0.0733. The molecule has 2 amide bonds. The van der Waals surface area contributed by atoms with Crippen molar-refractivity contribution in [2.75, 3.05) is 20.3 Å². The molecule has 0 N–H and O–H groups in total. The lowest BCUT2D eigenvalue weighted by atomic mass is 10.1. The molecule has 0 radical (unpaired) electrons. The van der Waals surface area contributed by atoms with Gasteiger partial charge < -0.3 is 9.47 Å². The number of ketones is 1. The highest BCUT2D eigenvalue weighted by Gasteiger charge is 2.34. The number of fused-ring (bicyclic) bond motifs is 1. The van der Waals surface area contributed by atoms with Crippen LogP contribution in [-0.4, -0.2) is 42.8 Å². The molecule has 0 aliphatic carbocycles. The minimum Gasteiger partial charge on any atom is -0.493 e. The van der Waals surface area contributed by atoms with E-state index in [0.717, 1.165) is 0 Å². The lowest BCUT2D eigenvalue weighted by Crippen LogP contribution is -2.33. The van der Waals surface area contributed by atoms with Gasteiger partial charge in [0.1, 0.15) is 6.61 Å². The Bertz CT molecular complexity index is 824. The lowest BCUT2D eigenvalue weighted by molar-refractivity contribution is 0.0630. The Balaban J connectivity index is 1.67. The smallest absolute Gasteiger partial charge is 0.261 e. The first-order valence-electron chi connectivity index (χ1n) is 7.80. The van der Waals surface area contributed by atoms with Crippen molar-refractivity contribution in [2.45, 2.75) is 6.92 Å². The molecule has 0 saturated carbocycles. The van der Waals surface area contributed by atoms with E-state index in [-0.39, 0.29) is 30.7 Å². The molecule has 0 atom stereocenters. The molecule has 0 saturated heterocycles. The normalized spacial score (nSPS) is 13.0. The number of ether oxygens (including phenoxy) is 2. The maximum absolute atomic E-state index is 12.3. The van der Waals surface area contributed by atoms with E-state index in [4.69, 9.17) is 9.47 Å². The number of amides is 2. The second kappa shape index (κ2) is 6.76. The van der Waals surface area contributed by atoms with E-state index >= 15 is 0 Å². The van der Waals surface area contributed by atoms with Crippen molar-refractivity contribution >= 4 is 17.6 Å². The molecule has 0 bridgehead atoms. The van der Waals surface area contributed by atoms with Gasteiger partial charge in [-0.05, 0) is 37.3 Å². The van der Waals surface area contributed by atoms with Crippen LogP contribution in [0, 0.1) is 0 Å². The summed E-state index contributed by atoms with van der Waals surface area (Å²) in [6.07, 6.45) is 0. The molecule has 128 valence electrons. The number of carbonyl (C=O) groups excluding carboxylic acids is 3. The third-order valence-electron chi connectivity index (χ3n) is 4.02. The zero-order chi connectivity index (χ0) is 18.0. The van der Waals surface area contributed by atoms with Gasteiger partial charge in [0.2, 0.25) is 0 Å². The summed E-state index contributed by atoms with van der Waals surface area (Å²) in [5.41, 5.74) is 1.34. The summed E-state index contributed by atoms with van der Waals surface area (Å²) in [6.45, 7) is 1.72. The van der Waals surface area contributed by atoms with Crippen LogP contribution in [0.25, 0.3) is 0 Å². The van der Waals surface area contributed by atoms with Crippen LogP contribution in [0.3, 0.4) is 0 Å². The molecule has 6 nitrogen and oxygen atoms in total. The van der Waals surface area contributed by atoms with Crippen molar-refractivity contribution in [3.8, 4) is 11.5 Å². The fourth-order valence-electron chi connectivity index (χ4n) is 2.69. The number of rotatable bonds is 6. The summed E-state index contributed by atoms with van der Waals surface area (Å²) in [6, 6.07) is 11.6. The van der Waals surface area contributed by atoms with Crippen molar-refractivity contribution in [1.82, 2.24) is 4.90 Å². The molecule has 1 aliphatic heterocycles. The number of Topliss-reactive ketones (excluding diaryl/α,β-unsaturated/α-hetero) is 1. The number of carbonyl (C=O) groups is 3. The first kappa shape index (κ1) is 16.7. The predicted octanol–water partition coefficient (Wildman–Crippen LogP) is 2.57. The van der Waals surface area contributed by atoms with Gasteiger partial charge in [-0.2, -0.15) is 0 Å². The summed E-state index contributed by atoms with van der Waals surface area (Å²) in [4.78, 5) is 37.1. The number of hydrogen-bond acceptors (Lipinski definition) is 5. The molecule has 1 heterocycles. The summed E-state index contributed by atoms with van der Waals surface area (Å²) in [5, 5.41) is 0. The monoisotopic (exact) mass is 339 g/mol. The Morgan fingerprint density at radius 3 is 2.20 bits per heavy atom. The van der Waals surface area contributed by atoms with Crippen molar-refractivity contribution in [1.29, 1.82) is 0 Å². The molecule has 2 aromatic carbocycles. The summed E-state index contributed by atoms with van der Waals surface area (Å²) in [5.74, 6) is 0.168. The fourth-order valence-corrected chi connectivity index (χ4v) is 2.69. The van der Waals surface area contributed by atoms with Crippen molar-refractivity contribution in [3.63, 3.8) is 0 Å². The Kier molecular flexibility index (Phi) is 4.52. The maximum atomic E-state index is 12.3. The van der Waals surface area contributed by atoms with Gasteiger partial charge in [0.05, 0.1) is 24.8 Å². The average Bonchev–Trinajstić information content (AvgIpc) is 2.87. The topological polar surface area (TPSA) is 72.9 Å². The zero-order valence-corrected chi connectivity index (χ0v) is 13.9. The molecule has 3 rings (SSSR count). The van der Waals surface area contributed by atoms with Gasteiger partial charge >= 0.3 is 0 Å². The highest BCUT2D eigenvalue weighted by Crippen LogP contribution is 2.28. The van der Waals surface area contributed by atoms with Crippen LogP contribution < -0.4 is 9.47 Å². The number of imide groups is 1. The van der Waals surface area contributed by atoms with Gasteiger partial charge in [-0.3, -0.25) is 19.3 Å². The molecule has 0 spiro atoms. The minimum atomic E-state index is -0.317. The average molecular weight is 339 g/mol. The molecular weight excluding hydrogens is 322 g/mol. The van der Waals surface area contributed by atoms with Gasteiger partial charge in [-0.15, -0.1) is 0 Å². The number of hydrogen-bond donors (Lipinski definition) is 0. The third-order valence-corrected chi connectivity index (χ3v) is 4.02. The van der Waals surface area contributed by atoms with Crippen LogP contribution in [0.5, 0.6) is 11.5 Å². The van der Waals surface area contributed by atoms with E-state index in [2.05, 4.69) is 0 Å². The highest BCUT2D eigenvalue weighted by molar-refractivity contribution is 6.21. The van der Waals surface area contributed by atoms with E-state index in [9.17, 15) is 14.4 Å². The molecule has 25 heavy (non-hydrogen) atoms. The van der Waals surface area contributed by atoms with Crippen LogP contribution in [0.1, 0.15) is 38.0 Å². The van der Waals surface area contributed by atoms with Crippen molar-refractivity contribution in [3.05, 3.63) is 59.2 Å². The molecule has 1 aliphatic rings. The van der Waals surface area contributed by atoms with Crippen LogP contribution in [-0.2, 0) is 0 Å². The van der Waals surface area contributed by atoms with Gasteiger partial charge in [0.25, 0.3) is 11.8 Å².